The Balaban J connectivity index is 3.73. The maximum Gasteiger partial charge on any atom is 0.327 e. The molecule has 0 aromatic carbocycles. The molecule has 1 aromatic heterocycles. The van der Waals surface area contributed by atoms with Crippen LogP contribution in [0.2, 0.25) is 0 Å². The van der Waals surface area contributed by atoms with Gasteiger partial charge >= 0.3 is 5.69 Å². The molecule has 0 fully saturated rings. The van der Waals surface area contributed by atoms with Crippen LogP contribution in [0.1, 0.15) is 0 Å². The number of nitrogens with one attached hydrogen (secondary N) is 1. The summed E-state index contributed by atoms with van der Waals surface area (Å²) in [6.07, 6.45) is 0. The molecule has 0 aliphatic rings. The van der Waals surface area contributed by atoms with E-state index in [1.807, 2.05) is 0 Å². The number of aromatic amines is 1. The Morgan fingerprint density at radius 1 is 1.55 bits per heavy atom. The largest absolute Gasteiger partial charge is 0.393 e. The maximum absolute atomic E-state index is 10.9. The summed E-state index contributed by atoms with van der Waals surface area (Å²) in [7, 11) is 1.51. The molecule has 1 rings (SSSR count). The fourth-order valence-corrected chi connectivity index (χ4v) is 0.847. The van der Waals surface area contributed by atoms with Gasteiger partial charge in [0.1, 0.15) is 16.1 Å². The van der Waals surface area contributed by atoms with Gasteiger partial charge in [0.25, 0.3) is 0 Å². The molecule has 5 N–H and O–H groups in total. The van der Waals surface area contributed by atoms with Crippen LogP contribution >= 0.6 is 12.2 Å². The number of hydrogen-bond acceptors (Lipinski definition) is 4. The van der Waals surface area contributed by atoms with Crippen molar-refractivity contribution in [3.8, 4) is 0 Å². The molecular weight excluding hydrogens is 164 g/mol. The molecule has 60 valence electrons. The number of nitrogens with zero attached hydrogens (tertiary/aromatic N) is 1. The van der Waals surface area contributed by atoms with Gasteiger partial charge in [-0.3, -0.25) is 9.55 Å². The van der Waals surface area contributed by atoms with Gasteiger partial charge in [-0.1, -0.05) is 12.2 Å². The topological polar surface area (TPSA) is 89.8 Å². The van der Waals surface area contributed by atoms with E-state index in [0.717, 1.165) is 0 Å². The van der Waals surface area contributed by atoms with Crippen LogP contribution in [-0.2, 0) is 7.05 Å². The van der Waals surface area contributed by atoms with E-state index < -0.39 is 0 Å². The predicted molar refractivity (Wildman–Crippen MR) is 45.7 cm³/mol. The quantitative estimate of drug-likeness (QED) is 0.465. The summed E-state index contributed by atoms with van der Waals surface area (Å²) in [6, 6.07) is 0. The summed E-state index contributed by atoms with van der Waals surface area (Å²) in [5, 5.41) is 0. The summed E-state index contributed by atoms with van der Waals surface area (Å²) >= 11 is 4.71. The third kappa shape index (κ3) is 1.12. The average molecular weight is 172 g/mol. The van der Waals surface area contributed by atoms with Crippen LogP contribution < -0.4 is 17.2 Å². The van der Waals surface area contributed by atoms with Crippen LogP contribution in [0.5, 0.6) is 0 Å². The second kappa shape index (κ2) is 2.39. The number of anilines is 2. The van der Waals surface area contributed by atoms with Crippen molar-refractivity contribution in [2.75, 3.05) is 11.5 Å². The Morgan fingerprint density at radius 3 is 2.64 bits per heavy atom. The molecule has 0 aliphatic heterocycles. The van der Waals surface area contributed by atoms with Crippen molar-refractivity contribution in [1.29, 1.82) is 0 Å². The molecule has 0 spiro atoms. The first kappa shape index (κ1) is 7.80. The number of H-pyrrole nitrogens is 1. The van der Waals surface area contributed by atoms with E-state index in [1.165, 1.54) is 11.6 Å². The van der Waals surface area contributed by atoms with Gasteiger partial charge in [0.15, 0.2) is 0 Å². The number of aromatic nitrogens is 2. The summed E-state index contributed by atoms with van der Waals surface area (Å²) < 4.78 is 1.39. The second-order valence-corrected chi connectivity index (χ2v) is 2.53. The Hall–Kier alpha value is -1.30. The molecule has 0 bridgehead atoms. The van der Waals surface area contributed by atoms with Crippen LogP contribution in [0.3, 0.4) is 0 Å². The summed E-state index contributed by atoms with van der Waals surface area (Å²) in [5.74, 6) is 0.193. The Bertz CT molecular complexity index is 356. The summed E-state index contributed by atoms with van der Waals surface area (Å²) in [6.45, 7) is 0. The van der Waals surface area contributed by atoms with E-state index in [4.69, 9.17) is 23.7 Å². The third-order valence-electron chi connectivity index (χ3n) is 1.41. The monoisotopic (exact) mass is 172 g/mol. The smallest absolute Gasteiger partial charge is 0.327 e. The van der Waals surface area contributed by atoms with Gasteiger partial charge in [0.05, 0.1) is 0 Å². The van der Waals surface area contributed by atoms with Gasteiger partial charge in [-0.05, 0) is 0 Å². The maximum atomic E-state index is 10.9. The van der Waals surface area contributed by atoms with E-state index >= 15 is 0 Å². The highest BCUT2D eigenvalue weighted by atomic mass is 32.1. The molecule has 0 atom stereocenters. The van der Waals surface area contributed by atoms with Gasteiger partial charge in [0, 0.05) is 7.05 Å². The Morgan fingerprint density at radius 2 is 2.09 bits per heavy atom. The van der Waals surface area contributed by atoms with E-state index in [-0.39, 0.29) is 21.8 Å². The predicted octanol–water partition coefficient (Wildman–Crippen LogP) is -0.393. The molecular formula is C5H8N4OS. The third-order valence-corrected chi connectivity index (χ3v) is 1.73. The molecule has 0 saturated heterocycles. The molecule has 5 nitrogen and oxygen atoms in total. The Kier molecular flexibility index (Phi) is 1.69. The Labute approximate surface area is 67.6 Å². The normalized spacial score (nSPS) is 9.91. The van der Waals surface area contributed by atoms with Crippen molar-refractivity contribution in [1.82, 2.24) is 9.55 Å². The first-order valence-corrected chi connectivity index (χ1v) is 3.29. The minimum Gasteiger partial charge on any atom is -0.393 e. The zero-order chi connectivity index (χ0) is 8.59. The van der Waals surface area contributed by atoms with Crippen molar-refractivity contribution < 1.29 is 0 Å². The number of rotatable bonds is 0. The molecule has 0 unspecified atom stereocenters. The minimum atomic E-state index is -0.360. The lowest BCUT2D eigenvalue weighted by Crippen LogP contribution is -2.24. The first-order valence-electron chi connectivity index (χ1n) is 2.88. The number of nitrogens with two attached hydrogens (primary N) is 2. The summed E-state index contributed by atoms with van der Waals surface area (Å²) in [4.78, 5) is 13.3. The standard InChI is InChI=1S/C5H8N4OS/c1-9-3(7)2(6)4(11)8-5(9)10/h6-7H2,1H3,(H,8,10,11). The van der Waals surface area contributed by atoms with Crippen molar-refractivity contribution >= 4 is 23.7 Å². The van der Waals surface area contributed by atoms with Crippen LogP contribution in [0.25, 0.3) is 0 Å². The molecule has 0 amide bonds. The highest BCUT2D eigenvalue weighted by Crippen LogP contribution is 2.08. The van der Waals surface area contributed by atoms with E-state index in [0.29, 0.717) is 0 Å². The van der Waals surface area contributed by atoms with Gasteiger partial charge < -0.3 is 11.5 Å². The van der Waals surface area contributed by atoms with Gasteiger partial charge in [-0.15, -0.1) is 0 Å². The lowest BCUT2D eigenvalue weighted by Gasteiger charge is -2.04. The fourth-order valence-electron chi connectivity index (χ4n) is 0.655. The van der Waals surface area contributed by atoms with Crippen LogP contribution in [0.15, 0.2) is 4.79 Å². The minimum absolute atomic E-state index is 0.186. The summed E-state index contributed by atoms with van der Waals surface area (Å²) in [5.41, 5.74) is 10.7. The van der Waals surface area contributed by atoms with Crippen molar-refractivity contribution in [2.45, 2.75) is 0 Å². The van der Waals surface area contributed by atoms with Crippen molar-refractivity contribution in [3.05, 3.63) is 15.1 Å². The zero-order valence-electron chi connectivity index (χ0n) is 5.92. The molecule has 6 heteroatoms. The van der Waals surface area contributed by atoms with Crippen molar-refractivity contribution in [2.24, 2.45) is 7.05 Å². The van der Waals surface area contributed by atoms with E-state index in [1.54, 1.807) is 0 Å². The highest BCUT2D eigenvalue weighted by molar-refractivity contribution is 7.71. The molecule has 1 aromatic rings. The van der Waals surface area contributed by atoms with Crippen molar-refractivity contribution in [3.63, 3.8) is 0 Å². The van der Waals surface area contributed by atoms with Crippen LogP contribution in [-0.4, -0.2) is 9.55 Å². The zero-order valence-corrected chi connectivity index (χ0v) is 6.73. The SMILES string of the molecule is Cn1c(N)c(N)c(=S)[nH]c1=O. The number of hydrogen-bond donors (Lipinski definition) is 3. The lowest BCUT2D eigenvalue weighted by atomic mass is 10.5. The van der Waals surface area contributed by atoms with Crippen LogP contribution in [0.4, 0.5) is 11.5 Å². The van der Waals surface area contributed by atoms with E-state index in [2.05, 4.69) is 4.98 Å². The van der Waals surface area contributed by atoms with E-state index in [9.17, 15) is 4.79 Å². The van der Waals surface area contributed by atoms with Gasteiger partial charge in [0.2, 0.25) is 0 Å². The van der Waals surface area contributed by atoms with Gasteiger partial charge in [-0.2, -0.15) is 0 Å². The lowest BCUT2D eigenvalue weighted by molar-refractivity contribution is 0.823. The first-order chi connectivity index (χ1) is 5.04. The second-order valence-electron chi connectivity index (χ2n) is 2.12. The average Bonchev–Trinajstić information content (AvgIpc) is 1.97. The number of nitrogen functional groups attached to an aromatic ring is 2. The molecule has 0 aliphatic carbocycles. The van der Waals surface area contributed by atoms with Gasteiger partial charge in [-0.25, -0.2) is 4.79 Å². The molecule has 0 radical (unpaired) electrons. The molecule has 0 saturated carbocycles. The van der Waals surface area contributed by atoms with Crippen LogP contribution in [0, 0.1) is 4.64 Å². The fraction of sp³-hybridized carbons (Fsp3) is 0.200. The molecule has 1 heterocycles. The molecule has 11 heavy (non-hydrogen) atoms. The highest BCUT2D eigenvalue weighted by Gasteiger charge is 2.01.